The summed E-state index contributed by atoms with van der Waals surface area (Å²) in [5, 5.41) is 12.3. The highest BCUT2D eigenvalue weighted by molar-refractivity contribution is 6.06. The van der Waals surface area contributed by atoms with Crippen molar-refractivity contribution in [2.24, 2.45) is 0 Å². The van der Waals surface area contributed by atoms with Crippen LogP contribution in [0.1, 0.15) is 35.8 Å². The fraction of sp³-hybridized carbons (Fsp3) is 0.312. The van der Waals surface area contributed by atoms with Crippen LogP contribution >= 0.6 is 0 Å². The quantitative estimate of drug-likeness (QED) is 0.885. The lowest BCUT2D eigenvalue weighted by molar-refractivity contribution is -0.137. The fourth-order valence-electron chi connectivity index (χ4n) is 2.21. The van der Waals surface area contributed by atoms with Crippen LogP contribution in [0.25, 0.3) is 10.9 Å². The van der Waals surface area contributed by atoms with Gasteiger partial charge in [-0.1, -0.05) is 18.2 Å². The maximum absolute atomic E-state index is 12.4. The Morgan fingerprint density at radius 1 is 1.33 bits per heavy atom. The van der Waals surface area contributed by atoms with Gasteiger partial charge in [0.25, 0.3) is 5.91 Å². The van der Waals surface area contributed by atoms with Gasteiger partial charge in [-0.05, 0) is 32.4 Å². The van der Waals surface area contributed by atoms with Crippen LogP contribution in [0.4, 0.5) is 0 Å². The minimum atomic E-state index is -0.860. The number of aliphatic carboxylic acids is 1. The summed E-state index contributed by atoms with van der Waals surface area (Å²) < 4.78 is 0. The zero-order valence-electron chi connectivity index (χ0n) is 12.1. The second-order valence-electron chi connectivity index (χ2n) is 5.14. The van der Waals surface area contributed by atoms with Gasteiger partial charge in [-0.2, -0.15) is 0 Å². The summed E-state index contributed by atoms with van der Waals surface area (Å²) in [6, 6.07) is 9.03. The SMILES string of the molecule is Cc1cc(C(=O)NC(C)CCC(=O)O)c2ccccc2n1. The van der Waals surface area contributed by atoms with Crippen molar-refractivity contribution < 1.29 is 14.7 Å². The first kappa shape index (κ1) is 15.0. The molecule has 1 heterocycles. The van der Waals surface area contributed by atoms with E-state index in [1.807, 2.05) is 31.2 Å². The number of pyridine rings is 1. The highest BCUT2D eigenvalue weighted by Gasteiger charge is 2.14. The zero-order chi connectivity index (χ0) is 15.4. The molecular weight excluding hydrogens is 268 g/mol. The predicted molar refractivity (Wildman–Crippen MR) is 80.3 cm³/mol. The Morgan fingerprint density at radius 2 is 2.05 bits per heavy atom. The number of carbonyl (C=O) groups is 2. The molecular formula is C16H18N2O3. The molecule has 2 N–H and O–H groups in total. The molecule has 2 rings (SSSR count). The summed E-state index contributed by atoms with van der Waals surface area (Å²) in [6.07, 6.45) is 0.445. The molecule has 110 valence electrons. The fourth-order valence-corrected chi connectivity index (χ4v) is 2.21. The average molecular weight is 286 g/mol. The number of aryl methyl sites for hydroxylation is 1. The molecule has 0 radical (unpaired) electrons. The number of carboxylic acid groups (broad SMARTS) is 1. The van der Waals surface area contributed by atoms with Crippen LogP contribution in [-0.4, -0.2) is 28.0 Å². The molecule has 1 aromatic heterocycles. The minimum absolute atomic E-state index is 0.0393. The molecule has 0 aliphatic rings. The van der Waals surface area contributed by atoms with E-state index >= 15 is 0 Å². The summed E-state index contributed by atoms with van der Waals surface area (Å²) >= 11 is 0. The lowest BCUT2D eigenvalue weighted by Gasteiger charge is -2.14. The topological polar surface area (TPSA) is 79.3 Å². The van der Waals surface area contributed by atoms with E-state index in [1.165, 1.54) is 0 Å². The van der Waals surface area contributed by atoms with E-state index < -0.39 is 5.97 Å². The van der Waals surface area contributed by atoms with E-state index in [0.717, 1.165) is 16.6 Å². The smallest absolute Gasteiger partial charge is 0.303 e. The zero-order valence-corrected chi connectivity index (χ0v) is 12.1. The number of para-hydroxylation sites is 1. The number of carbonyl (C=O) groups excluding carboxylic acids is 1. The third kappa shape index (κ3) is 3.78. The van der Waals surface area contributed by atoms with Gasteiger partial charge in [0.2, 0.25) is 0 Å². The van der Waals surface area contributed by atoms with Gasteiger partial charge in [-0.3, -0.25) is 14.6 Å². The third-order valence-electron chi connectivity index (χ3n) is 3.26. The van der Waals surface area contributed by atoms with Gasteiger partial charge in [0.15, 0.2) is 0 Å². The van der Waals surface area contributed by atoms with Gasteiger partial charge in [-0.25, -0.2) is 0 Å². The number of hydrogen-bond donors (Lipinski definition) is 2. The van der Waals surface area contributed by atoms with Gasteiger partial charge in [0.1, 0.15) is 0 Å². The highest BCUT2D eigenvalue weighted by Crippen LogP contribution is 2.18. The predicted octanol–water partition coefficient (Wildman–Crippen LogP) is 2.53. The first-order valence-corrected chi connectivity index (χ1v) is 6.86. The van der Waals surface area contributed by atoms with Crippen LogP contribution < -0.4 is 5.32 Å². The van der Waals surface area contributed by atoms with E-state index in [9.17, 15) is 9.59 Å². The number of nitrogens with zero attached hydrogens (tertiary/aromatic N) is 1. The largest absolute Gasteiger partial charge is 0.481 e. The molecule has 0 bridgehead atoms. The summed E-state index contributed by atoms with van der Waals surface area (Å²) in [6.45, 7) is 3.65. The molecule has 5 heteroatoms. The standard InChI is InChI=1S/C16H18N2O3/c1-10(7-8-15(19)20)18-16(21)13-9-11(2)17-14-6-4-3-5-12(13)14/h3-6,9-10H,7-8H2,1-2H3,(H,18,21)(H,19,20). The molecule has 2 aromatic rings. The molecule has 21 heavy (non-hydrogen) atoms. The van der Waals surface area contributed by atoms with E-state index in [1.54, 1.807) is 13.0 Å². The molecule has 0 spiro atoms. The van der Waals surface area contributed by atoms with Crippen molar-refractivity contribution in [1.29, 1.82) is 0 Å². The number of amides is 1. The van der Waals surface area contributed by atoms with E-state index in [2.05, 4.69) is 10.3 Å². The molecule has 1 amide bonds. The van der Waals surface area contributed by atoms with Crippen molar-refractivity contribution in [3.63, 3.8) is 0 Å². The van der Waals surface area contributed by atoms with Crippen molar-refractivity contribution in [3.8, 4) is 0 Å². The molecule has 1 atom stereocenters. The third-order valence-corrected chi connectivity index (χ3v) is 3.26. The van der Waals surface area contributed by atoms with Crippen LogP contribution in [0.5, 0.6) is 0 Å². The molecule has 5 nitrogen and oxygen atoms in total. The Morgan fingerprint density at radius 3 is 2.76 bits per heavy atom. The second-order valence-corrected chi connectivity index (χ2v) is 5.14. The molecule has 0 aliphatic carbocycles. The Bertz CT molecular complexity index is 682. The number of carboxylic acids is 1. The summed E-state index contributed by atoms with van der Waals surface area (Å²) in [5.41, 5.74) is 2.12. The first-order chi connectivity index (χ1) is 9.97. The Hall–Kier alpha value is -2.43. The maximum Gasteiger partial charge on any atom is 0.303 e. The number of benzene rings is 1. The highest BCUT2D eigenvalue weighted by atomic mass is 16.4. The van der Waals surface area contributed by atoms with Crippen LogP contribution in [0.3, 0.4) is 0 Å². The van der Waals surface area contributed by atoms with Crippen LogP contribution in [0.2, 0.25) is 0 Å². The Balaban J connectivity index is 2.21. The Labute approximate surface area is 123 Å². The van der Waals surface area contributed by atoms with Crippen LogP contribution in [0.15, 0.2) is 30.3 Å². The van der Waals surface area contributed by atoms with Gasteiger partial charge in [0.05, 0.1) is 11.1 Å². The average Bonchev–Trinajstić information content (AvgIpc) is 2.44. The molecule has 1 unspecified atom stereocenters. The first-order valence-electron chi connectivity index (χ1n) is 6.86. The number of nitrogens with one attached hydrogen (secondary N) is 1. The molecule has 0 aliphatic heterocycles. The van der Waals surface area contributed by atoms with Gasteiger partial charge >= 0.3 is 5.97 Å². The number of aromatic nitrogens is 1. The molecule has 0 fully saturated rings. The minimum Gasteiger partial charge on any atom is -0.481 e. The van der Waals surface area contributed by atoms with Crippen LogP contribution in [-0.2, 0) is 4.79 Å². The van der Waals surface area contributed by atoms with Crippen molar-refractivity contribution >= 4 is 22.8 Å². The molecule has 0 saturated carbocycles. The number of rotatable bonds is 5. The van der Waals surface area contributed by atoms with E-state index in [0.29, 0.717) is 12.0 Å². The number of hydrogen-bond acceptors (Lipinski definition) is 3. The Kier molecular flexibility index (Phi) is 4.52. The summed E-state index contributed by atoms with van der Waals surface area (Å²) in [7, 11) is 0. The summed E-state index contributed by atoms with van der Waals surface area (Å²) in [4.78, 5) is 27.3. The van der Waals surface area contributed by atoms with Crippen LogP contribution in [0, 0.1) is 6.92 Å². The summed E-state index contributed by atoms with van der Waals surface area (Å²) in [5.74, 6) is -1.06. The van der Waals surface area contributed by atoms with Gasteiger partial charge < -0.3 is 10.4 Å². The van der Waals surface area contributed by atoms with E-state index in [4.69, 9.17) is 5.11 Å². The monoisotopic (exact) mass is 286 g/mol. The second kappa shape index (κ2) is 6.35. The van der Waals surface area contributed by atoms with Crippen molar-refractivity contribution in [2.75, 3.05) is 0 Å². The number of fused-ring (bicyclic) bond motifs is 1. The van der Waals surface area contributed by atoms with Crippen molar-refractivity contribution in [3.05, 3.63) is 41.6 Å². The van der Waals surface area contributed by atoms with E-state index in [-0.39, 0.29) is 18.4 Å². The maximum atomic E-state index is 12.4. The van der Waals surface area contributed by atoms with Gasteiger partial charge in [0, 0.05) is 23.5 Å². The lowest BCUT2D eigenvalue weighted by atomic mass is 10.1. The lowest BCUT2D eigenvalue weighted by Crippen LogP contribution is -2.33. The van der Waals surface area contributed by atoms with Crippen molar-refractivity contribution in [2.45, 2.75) is 32.7 Å². The normalized spacial score (nSPS) is 12.1. The molecule has 1 aromatic carbocycles. The van der Waals surface area contributed by atoms with Gasteiger partial charge in [-0.15, -0.1) is 0 Å². The van der Waals surface area contributed by atoms with Crippen molar-refractivity contribution in [1.82, 2.24) is 10.3 Å². The molecule has 0 saturated heterocycles.